The molecule has 2 aromatic heterocycles. The topological polar surface area (TPSA) is 63.3 Å². The fraction of sp³-hybridized carbons (Fsp3) is 0.368. The molecule has 3 aromatic rings. The predicted octanol–water partition coefficient (Wildman–Crippen LogP) is 2.71. The minimum atomic E-state index is -1.00. The van der Waals surface area contributed by atoms with Gasteiger partial charge < -0.3 is 14.5 Å². The summed E-state index contributed by atoms with van der Waals surface area (Å²) in [7, 11) is 1.63. The van der Waals surface area contributed by atoms with Gasteiger partial charge in [0.15, 0.2) is 0 Å². The van der Waals surface area contributed by atoms with Crippen molar-refractivity contribution < 1.29 is 13.9 Å². The molecule has 136 valence electrons. The van der Waals surface area contributed by atoms with Crippen LogP contribution in [-0.2, 0) is 17.9 Å². The molecule has 0 bridgehead atoms. The van der Waals surface area contributed by atoms with Gasteiger partial charge in [-0.25, -0.2) is 9.37 Å². The molecule has 3 heterocycles. The van der Waals surface area contributed by atoms with Crippen LogP contribution < -0.4 is 4.74 Å². The highest BCUT2D eigenvalue weighted by Gasteiger charge is 2.33. The number of benzene rings is 1. The van der Waals surface area contributed by atoms with Gasteiger partial charge in [0.05, 0.1) is 18.1 Å². The molecule has 1 aliphatic rings. The summed E-state index contributed by atoms with van der Waals surface area (Å²) >= 11 is 0. The second-order valence-electron chi connectivity index (χ2n) is 6.49. The molecule has 6 nitrogen and oxygen atoms in total. The number of nitrogens with one attached hydrogen (secondary N) is 1. The van der Waals surface area contributed by atoms with Gasteiger partial charge in [-0.3, -0.25) is 9.88 Å². The maximum Gasteiger partial charge on any atom is 0.140 e. The van der Waals surface area contributed by atoms with E-state index in [9.17, 15) is 4.39 Å². The first-order valence-electron chi connectivity index (χ1n) is 8.61. The van der Waals surface area contributed by atoms with E-state index in [0.29, 0.717) is 25.5 Å². The van der Waals surface area contributed by atoms with Crippen molar-refractivity contribution in [2.45, 2.75) is 25.4 Å². The first-order valence-corrected chi connectivity index (χ1v) is 8.61. The van der Waals surface area contributed by atoms with Crippen molar-refractivity contribution in [2.75, 3.05) is 20.2 Å². The Hall–Kier alpha value is -2.51. The summed E-state index contributed by atoms with van der Waals surface area (Å²) in [5, 5.41) is 0. The zero-order valence-corrected chi connectivity index (χ0v) is 14.6. The van der Waals surface area contributed by atoms with Crippen molar-refractivity contribution >= 4 is 11.0 Å². The second kappa shape index (κ2) is 7.39. The second-order valence-corrected chi connectivity index (χ2v) is 6.49. The average Bonchev–Trinajstić information content (AvgIpc) is 3.22. The number of hydrogen-bond donors (Lipinski definition) is 1. The van der Waals surface area contributed by atoms with Gasteiger partial charge in [0.1, 0.15) is 30.5 Å². The van der Waals surface area contributed by atoms with E-state index in [1.54, 1.807) is 13.3 Å². The van der Waals surface area contributed by atoms with E-state index in [1.807, 2.05) is 36.5 Å². The number of aromatic amines is 1. The predicted molar refractivity (Wildman–Crippen MR) is 95.6 cm³/mol. The Kier molecular flexibility index (Phi) is 4.81. The number of aromatic nitrogens is 3. The van der Waals surface area contributed by atoms with Crippen LogP contribution in [0.5, 0.6) is 5.75 Å². The molecule has 0 amide bonds. The highest BCUT2D eigenvalue weighted by Crippen LogP contribution is 2.22. The maximum atomic E-state index is 14.3. The molecule has 2 atom stereocenters. The highest BCUT2D eigenvalue weighted by molar-refractivity contribution is 5.76. The van der Waals surface area contributed by atoms with E-state index in [4.69, 9.17) is 9.47 Å². The van der Waals surface area contributed by atoms with Crippen LogP contribution in [0.2, 0.25) is 0 Å². The number of fused-ring (bicyclic) bond motifs is 1. The highest BCUT2D eigenvalue weighted by atomic mass is 19.1. The number of ether oxygens (including phenoxy) is 2. The molecule has 0 spiro atoms. The van der Waals surface area contributed by atoms with Gasteiger partial charge >= 0.3 is 0 Å². The zero-order chi connectivity index (χ0) is 17.9. The van der Waals surface area contributed by atoms with Crippen LogP contribution in [0.4, 0.5) is 4.39 Å². The lowest BCUT2D eigenvalue weighted by atomic mass is 10.3. The van der Waals surface area contributed by atoms with E-state index in [-0.39, 0.29) is 6.61 Å². The van der Waals surface area contributed by atoms with Crippen LogP contribution in [0.25, 0.3) is 11.0 Å². The zero-order valence-electron chi connectivity index (χ0n) is 14.6. The first-order chi connectivity index (χ1) is 12.7. The molecule has 1 aliphatic heterocycles. The fourth-order valence-corrected chi connectivity index (χ4v) is 3.27. The molecule has 1 N–H and O–H groups in total. The normalized spacial score (nSPS) is 20.7. The van der Waals surface area contributed by atoms with Gasteiger partial charge in [-0.1, -0.05) is 6.07 Å². The van der Waals surface area contributed by atoms with Gasteiger partial charge in [-0.05, 0) is 23.8 Å². The molecule has 7 heteroatoms. The van der Waals surface area contributed by atoms with Crippen LogP contribution in [0.3, 0.4) is 0 Å². The number of H-pyrrole nitrogens is 1. The van der Waals surface area contributed by atoms with Crippen LogP contribution in [0, 0.1) is 0 Å². The molecule has 1 aromatic carbocycles. The molecule has 0 aliphatic carbocycles. The van der Waals surface area contributed by atoms with Crippen molar-refractivity contribution in [1.82, 2.24) is 19.9 Å². The van der Waals surface area contributed by atoms with Crippen molar-refractivity contribution in [3.63, 3.8) is 0 Å². The summed E-state index contributed by atoms with van der Waals surface area (Å²) in [6.07, 6.45) is 2.09. The summed E-state index contributed by atoms with van der Waals surface area (Å²) in [5.74, 6) is 1.45. The molecule has 0 saturated carbocycles. The van der Waals surface area contributed by atoms with Crippen molar-refractivity contribution in [1.29, 1.82) is 0 Å². The number of nitrogens with zero attached hydrogens (tertiary/aromatic N) is 3. The van der Waals surface area contributed by atoms with E-state index >= 15 is 0 Å². The van der Waals surface area contributed by atoms with Gasteiger partial charge in [0, 0.05) is 38.1 Å². The van der Waals surface area contributed by atoms with Gasteiger partial charge in [0.2, 0.25) is 0 Å². The average molecular weight is 356 g/mol. The molecular weight excluding hydrogens is 335 g/mol. The van der Waals surface area contributed by atoms with Crippen molar-refractivity contribution in [3.05, 3.63) is 54.1 Å². The first kappa shape index (κ1) is 16.9. The van der Waals surface area contributed by atoms with Crippen LogP contribution in [0.1, 0.15) is 11.4 Å². The van der Waals surface area contributed by atoms with E-state index in [2.05, 4.69) is 19.9 Å². The minimum absolute atomic E-state index is 0.253. The number of alkyl halides is 1. The minimum Gasteiger partial charge on any atom is -0.497 e. The third kappa shape index (κ3) is 3.68. The van der Waals surface area contributed by atoms with E-state index in [1.165, 1.54) is 0 Å². The van der Waals surface area contributed by atoms with Crippen molar-refractivity contribution in [3.8, 4) is 5.75 Å². The smallest absolute Gasteiger partial charge is 0.140 e. The lowest BCUT2D eigenvalue weighted by Crippen LogP contribution is -2.24. The molecule has 26 heavy (non-hydrogen) atoms. The Bertz CT molecular complexity index is 870. The van der Waals surface area contributed by atoms with Gasteiger partial charge in [0.25, 0.3) is 0 Å². The van der Waals surface area contributed by atoms with Gasteiger partial charge in [-0.15, -0.1) is 0 Å². The molecule has 1 fully saturated rings. The third-order valence-electron chi connectivity index (χ3n) is 4.58. The Morgan fingerprint density at radius 3 is 3.04 bits per heavy atom. The van der Waals surface area contributed by atoms with Crippen LogP contribution in [0.15, 0.2) is 42.7 Å². The lowest BCUT2D eigenvalue weighted by Gasteiger charge is -2.15. The van der Waals surface area contributed by atoms with Gasteiger partial charge in [-0.2, -0.15) is 0 Å². The number of methoxy groups -OCH3 is 1. The monoisotopic (exact) mass is 356 g/mol. The summed E-state index contributed by atoms with van der Waals surface area (Å²) in [6, 6.07) is 9.52. The number of imidazole rings is 1. The molecular formula is C19H21FN4O2. The number of likely N-dealkylation sites (tertiary alicyclic amines) is 1. The molecule has 1 saturated heterocycles. The largest absolute Gasteiger partial charge is 0.497 e. The Morgan fingerprint density at radius 2 is 2.23 bits per heavy atom. The number of hydrogen-bond acceptors (Lipinski definition) is 5. The molecule has 4 rings (SSSR count). The summed E-state index contributed by atoms with van der Waals surface area (Å²) < 4.78 is 25.3. The maximum absolute atomic E-state index is 14.3. The third-order valence-corrected chi connectivity index (χ3v) is 4.58. The molecule has 2 unspecified atom stereocenters. The number of pyridine rings is 1. The van der Waals surface area contributed by atoms with E-state index in [0.717, 1.165) is 22.3 Å². The van der Waals surface area contributed by atoms with Crippen LogP contribution in [-0.4, -0.2) is 52.3 Å². The summed E-state index contributed by atoms with van der Waals surface area (Å²) in [6.45, 7) is 1.86. The Labute approximate surface area is 151 Å². The number of halogens is 1. The lowest BCUT2D eigenvalue weighted by molar-refractivity contribution is 0.00863. The van der Waals surface area contributed by atoms with Crippen LogP contribution >= 0.6 is 0 Å². The fourth-order valence-electron chi connectivity index (χ4n) is 3.27. The standard InChI is InChI=1S/C19H21FN4O2/c1-25-14-4-5-16-17(7-14)23-19(22-16)12-26-18-11-24(10-15(18)20)9-13-3-2-6-21-8-13/h2-8,15,18H,9-12H2,1H3,(H,22,23). The quantitative estimate of drug-likeness (QED) is 0.736. The van der Waals surface area contributed by atoms with E-state index < -0.39 is 12.3 Å². The molecule has 0 radical (unpaired) electrons. The Morgan fingerprint density at radius 1 is 1.31 bits per heavy atom. The number of rotatable bonds is 6. The summed E-state index contributed by atoms with van der Waals surface area (Å²) in [4.78, 5) is 13.8. The summed E-state index contributed by atoms with van der Waals surface area (Å²) in [5.41, 5.74) is 2.79. The SMILES string of the molecule is COc1ccc2nc(COC3CN(Cc4cccnc4)CC3F)[nH]c2c1. The van der Waals surface area contributed by atoms with Crippen molar-refractivity contribution in [2.24, 2.45) is 0 Å². The Balaban J connectivity index is 1.35.